The van der Waals surface area contributed by atoms with Gasteiger partial charge >= 0.3 is 12.1 Å². The predicted octanol–water partition coefficient (Wildman–Crippen LogP) is 8.56. The average Bonchev–Trinajstić information content (AvgIpc) is 3.93. The Morgan fingerprint density at radius 3 is 2.00 bits per heavy atom. The number of para-hydroxylation sites is 2. The van der Waals surface area contributed by atoms with Crippen molar-refractivity contribution in [3.05, 3.63) is 163 Å². The number of methoxy groups -OCH3 is 2. The maximum absolute atomic E-state index is 14.3. The lowest BCUT2D eigenvalue weighted by molar-refractivity contribution is -0.168. The number of esters is 1. The summed E-state index contributed by atoms with van der Waals surface area (Å²) < 4.78 is 38.9. The molecule has 4 aromatic carbocycles. The van der Waals surface area contributed by atoms with Gasteiger partial charge in [0.25, 0.3) is 5.88 Å². The number of benzene rings is 4. The van der Waals surface area contributed by atoms with Gasteiger partial charge in [0.15, 0.2) is 29.3 Å². The van der Waals surface area contributed by atoms with E-state index >= 15 is 0 Å². The summed E-state index contributed by atoms with van der Waals surface area (Å²) in [6.07, 6.45) is 2.17. The number of imidazole rings is 1. The van der Waals surface area contributed by atoms with Crippen molar-refractivity contribution in [2.75, 3.05) is 31.0 Å². The molecule has 0 radical (unpaired) electrons. The van der Waals surface area contributed by atoms with E-state index in [1.165, 1.54) is 15.8 Å². The molecule has 0 saturated carbocycles. The molecule has 1 aliphatic carbocycles. The summed E-state index contributed by atoms with van der Waals surface area (Å²) in [4.78, 5) is 55.8. The maximum atomic E-state index is 14.3. The summed E-state index contributed by atoms with van der Waals surface area (Å²) in [5, 5.41) is 14.9. The minimum atomic E-state index is -1.43. The second-order valence-electron chi connectivity index (χ2n) is 16.6. The molecule has 4 atom stereocenters. The molecule has 6 aromatic rings. The first-order chi connectivity index (χ1) is 33.0. The number of rotatable bonds is 17. The Kier molecular flexibility index (Phi) is 14.5. The number of aliphatic hydroxyl groups is 1. The van der Waals surface area contributed by atoms with Crippen LogP contribution in [0.25, 0.3) is 11.2 Å². The first-order valence-corrected chi connectivity index (χ1v) is 22.5. The molecule has 2 N–H and O–H groups in total. The van der Waals surface area contributed by atoms with Crippen molar-refractivity contribution < 1.29 is 47.9 Å². The van der Waals surface area contributed by atoms with E-state index in [0.717, 1.165) is 16.7 Å². The predicted molar refractivity (Wildman–Crippen MR) is 253 cm³/mol. The Balaban J connectivity index is 1.19. The molecule has 16 nitrogen and oxygen atoms in total. The lowest BCUT2D eigenvalue weighted by Gasteiger charge is -2.40. The van der Waals surface area contributed by atoms with Crippen LogP contribution in [-0.2, 0) is 38.9 Å². The van der Waals surface area contributed by atoms with Gasteiger partial charge in [-0.15, -0.1) is 0 Å². The van der Waals surface area contributed by atoms with Crippen molar-refractivity contribution in [2.24, 2.45) is 5.92 Å². The number of hydrogen-bond acceptors (Lipinski definition) is 13. The zero-order valence-corrected chi connectivity index (χ0v) is 38.4. The number of hydrogen-bond donors (Lipinski definition) is 2. The summed E-state index contributed by atoms with van der Waals surface area (Å²) in [5.41, 5.74) is 2.23. The number of nitrogens with one attached hydrogen (secondary N) is 1. The normalized spacial score (nSPS) is 18.8. The molecule has 1 fully saturated rings. The molecular weight excluding hydrogens is 869 g/mol. The van der Waals surface area contributed by atoms with E-state index in [1.54, 1.807) is 76.6 Å². The van der Waals surface area contributed by atoms with Crippen LogP contribution in [0.15, 0.2) is 151 Å². The fraction of sp³-hybridized carbons (Fsp3) is 0.308. The molecule has 1 saturated heterocycles. The number of carbonyl (C=O) groups excluding carboxylic acids is 3. The van der Waals surface area contributed by atoms with E-state index < -0.39 is 59.8 Å². The summed E-state index contributed by atoms with van der Waals surface area (Å²) in [7, 11) is 3.17. The molecule has 2 amide bonds. The second kappa shape index (κ2) is 20.8. The molecule has 8 rings (SSSR count). The summed E-state index contributed by atoms with van der Waals surface area (Å²) in [6.45, 7) is 5.05. The van der Waals surface area contributed by atoms with Gasteiger partial charge in [0.2, 0.25) is 11.9 Å². The number of aromatic nitrogens is 4. The standard InChI is InChI=1S/C52H54N6O10/c1-6-19-41(59)67-44-43(60)40(32-65-52(35-20-11-7-12-21-35,36-22-13-8-14-23-36)37-28-30-51(63-4,64-5)31-29-37)66-48(44)57-33-53-42-45(57)54-49(55-46(61)34(2)3)56-47(42)68-50(62)58(38-24-15-9-16-25-38)39-26-17-10-18-27-39/h7-18,20-30,33-34,40,43-44,48,60H,6,19,31-32H2,1-5H3,(H,54,55,56,61)/t40-,43-,44-,48-/m1/s1. The van der Waals surface area contributed by atoms with Crippen molar-refractivity contribution >= 4 is 46.5 Å². The topological polar surface area (TPSA) is 186 Å². The molecular formula is C52H54N6O10. The summed E-state index contributed by atoms with van der Waals surface area (Å²) >= 11 is 0. The van der Waals surface area contributed by atoms with Crippen LogP contribution >= 0.6 is 0 Å². The molecule has 0 unspecified atom stereocenters. The lowest BCUT2D eigenvalue weighted by Crippen LogP contribution is -2.42. The van der Waals surface area contributed by atoms with Gasteiger partial charge in [-0.2, -0.15) is 9.97 Å². The van der Waals surface area contributed by atoms with Gasteiger partial charge in [-0.25, -0.2) is 14.7 Å². The van der Waals surface area contributed by atoms with Gasteiger partial charge in [-0.1, -0.05) is 130 Å². The number of anilines is 3. The van der Waals surface area contributed by atoms with Crippen LogP contribution in [0.1, 0.15) is 57.4 Å². The highest BCUT2D eigenvalue weighted by atomic mass is 16.7. The average molecular weight is 923 g/mol. The SMILES string of the molecule is CCCC(=O)O[C@@H]1[C@H](O)[C@@H](COC(C2=CCC(OC)(OC)C=C2)(c2ccccc2)c2ccccc2)O[C@H]1n1cnc2c(OC(=O)N(c3ccccc3)c3ccccc3)nc(NC(=O)C(C)C)nc21. The molecule has 16 heteroatoms. The third-order valence-corrected chi connectivity index (χ3v) is 11.9. The minimum Gasteiger partial charge on any atom is -0.455 e. The van der Waals surface area contributed by atoms with Crippen molar-refractivity contribution in [2.45, 2.75) is 76.0 Å². The second-order valence-corrected chi connectivity index (χ2v) is 16.6. The lowest BCUT2D eigenvalue weighted by atomic mass is 9.77. The summed E-state index contributed by atoms with van der Waals surface area (Å²) in [6, 6.07) is 37.3. The Morgan fingerprint density at radius 2 is 1.47 bits per heavy atom. The first-order valence-electron chi connectivity index (χ1n) is 22.5. The van der Waals surface area contributed by atoms with Crippen LogP contribution in [0.5, 0.6) is 5.88 Å². The highest BCUT2D eigenvalue weighted by Gasteiger charge is 2.50. The van der Waals surface area contributed by atoms with Gasteiger partial charge in [-0.05, 0) is 53.5 Å². The van der Waals surface area contributed by atoms with Crippen LogP contribution in [-0.4, -0.2) is 87.5 Å². The first kappa shape index (κ1) is 47.4. The quantitative estimate of drug-likeness (QED) is 0.0656. The van der Waals surface area contributed by atoms with Crippen LogP contribution in [0.4, 0.5) is 22.1 Å². The van der Waals surface area contributed by atoms with Crippen molar-refractivity contribution in [3.8, 4) is 5.88 Å². The van der Waals surface area contributed by atoms with Crippen LogP contribution in [0.2, 0.25) is 0 Å². The maximum Gasteiger partial charge on any atom is 0.425 e. The zero-order chi connectivity index (χ0) is 47.8. The number of nitrogens with zero attached hydrogens (tertiary/aromatic N) is 5. The molecule has 0 spiro atoms. The number of amides is 2. The monoisotopic (exact) mass is 922 g/mol. The molecule has 1 aliphatic heterocycles. The highest BCUT2D eigenvalue weighted by molar-refractivity contribution is 5.98. The number of carbonyl (C=O) groups is 3. The van der Waals surface area contributed by atoms with Gasteiger partial charge in [0.1, 0.15) is 17.8 Å². The number of ether oxygens (including phenoxy) is 6. The van der Waals surface area contributed by atoms with Crippen LogP contribution in [0, 0.1) is 5.92 Å². The van der Waals surface area contributed by atoms with E-state index in [9.17, 15) is 19.5 Å². The third kappa shape index (κ3) is 9.68. The van der Waals surface area contributed by atoms with Crippen LogP contribution in [0.3, 0.4) is 0 Å². The van der Waals surface area contributed by atoms with Crippen LogP contribution < -0.4 is 15.0 Å². The molecule has 68 heavy (non-hydrogen) atoms. The number of aliphatic hydroxyl groups excluding tert-OH is 1. The Hall–Kier alpha value is -7.08. The molecule has 2 aromatic heterocycles. The molecule has 3 heterocycles. The van der Waals surface area contributed by atoms with E-state index in [4.69, 9.17) is 28.4 Å². The Bertz CT molecular complexity index is 2670. The van der Waals surface area contributed by atoms with Gasteiger partial charge in [0.05, 0.1) is 24.3 Å². The highest BCUT2D eigenvalue weighted by Crippen LogP contribution is 2.45. The Labute approximate surface area is 394 Å². The van der Waals surface area contributed by atoms with Gasteiger partial charge < -0.3 is 33.5 Å². The third-order valence-electron chi connectivity index (χ3n) is 11.9. The summed E-state index contributed by atoms with van der Waals surface area (Å²) in [5.74, 6) is -2.88. The minimum absolute atomic E-state index is 0.0183. The molecule has 2 aliphatic rings. The molecule has 0 bridgehead atoms. The smallest absolute Gasteiger partial charge is 0.425 e. The van der Waals surface area contributed by atoms with Crippen molar-refractivity contribution in [1.29, 1.82) is 0 Å². The van der Waals surface area contributed by atoms with Crippen molar-refractivity contribution in [3.63, 3.8) is 0 Å². The van der Waals surface area contributed by atoms with Gasteiger partial charge in [0, 0.05) is 33.0 Å². The fourth-order valence-corrected chi connectivity index (χ4v) is 8.28. The fourth-order valence-electron chi connectivity index (χ4n) is 8.28. The van der Waals surface area contributed by atoms with E-state index in [1.807, 2.05) is 97.9 Å². The van der Waals surface area contributed by atoms with Crippen molar-refractivity contribution in [1.82, 2.24) is 19.5 Å². The largest absolute Gasteiger partial charge is 0.455 e. The Morgan fingerprint density at radius 1 is 0.882 bits per heavy atom. The number of fused-ring (bicyclic) bond motifs is 1. The van der Waals surface area contributed by atoms with Gasteiger partial charge in [-0.3, -0.25) is 19.5 Å². The zero-order valence-electron chi connectivity index (χ0n) is 38.4. The van der Waals surface area contributed by atoms with E-state index in [-0.39, 0.29) is 36.0 Å². The van der Waals surface area contributed by atoms with E-state index in [0.29, 0.717) is 24.2 Å². The van der Waals surface area contributed by atoms with E-state index in [2.05, 4.69) is 20.3 Å². The molecule has 352 valence electrons.